The van der Waals surface area contributed by atoms with Gasteiger partial charge in [-0.25, -0.2) is 9.59 Å². The molecule has 0 aliphatic carbocycles. The molecule has 0 aromatic heterocycles. The Hall–Kier alpha value is -2.33. The van der Waals surface area contributed by atoms with E-state index in [2.05, 4.69) is 31.9 Å². The fraction of sp³-hybridized carbons (Fsp3) is 0.654. The number of amides is 3. The van der Waals surface area contributed by atoms with E-state index in [-0.39, 0.29) is 17.3 Å². The van der Waals surface area contributed by atoms with Gasteiger partial charge in [-0.05, 0) is 85.0 Å². The molecular weight excluding hydrogens is 528 g/mol. The fourth-order valence-electron chi connectivity index (χ4n) is 3.08. The van der Waals surface area contributed by atoms with Crippen molar-refractivity contribution >= 4 is 39.7 Å². The third-order valence-electron chi connectivity index (χ3n) is 4.64. The topological polar surface area (TPSA) is 109 Å². The second-order valence-electron chi connectivity index (χ2n) is 10.5. The number of benzene rings is 1. The van der Waals surface area contributed by atoms with Crippen molar-refractivity contribution in [2.24, 2.45) is 0 Å². The molecule has 3 amide bonds. The van der Waals surface area contributed by atoms with Gasteiger partial charge in [0.2, 0.25) is 5.91 Å². The van der Waals surface area contributed by atoms with Crippen LogP contribution in [0.2, 0.25) is 0 Å². The molecule has 10 heteroatoms. The summed E-state index contributed by atoms with van der Waals surface area (Å²) in [7, 11) is 0. The lowest BCUT2D eigenvalue weighted by molar-refractivity contribution is -0.113. The first-order chi connectivity index (χ1) is 16.8. The van der Waals surface area contributed by atoms with E-state index in [1.807, 2.05) is 65.8 Å². The SMILES string of the molecule is CC(C)(C)OC(=O)NCCCCN(CCCNCc1ccc(NC(=O)CBr)cc1)C(=O)OC(C)(C)C. The number of halogens is 1. The van der Waals surface area contributed by atoms with Crippen molar-refractivity contribution in [1.29, 1.82) is 0 Å². The van der Waals surface area contributed by atoms with Gasteiger partial charge in [0.15, 0.2) is 0 Å². The van der Waals surface area contributed by atoms with E-state index in [0.717, 1.165) is 37.1 Å². The first-order valence-corrected chi connectivity index (χ1v) is 13.5. The zero-order valence-corrected chi connectivity index (χ0v) is 24.1. The Morgan fingerprint density at radius 1 is 0.861 bits per heavy atom. The lowest BCUT2D eigenvalue weighted by Gasteiger charge is -2.27. The number of unbranched alkanes of at least 4 members (excludes halogenated alkanes) is 1. The Morgan fingerprint density at radius 2 is 1.47 bits per heavy atom. The molecule has 0 aliphatic heterocycles. The van der Waals surface area contributed by atoms with Gasteiger partial charge < -0.3 is 30.3 Å². The Labute approximate surface area is 224 Å². The van der Waals surface area contributed by atoms with Crippen molar-refractivity contribution in [3.63, 3.8) is 0 Å². The van der Waals surface area contributed by atoms with Crippen LogP contribution in [-0.2, 0) is 20.8 Å². The maximum Gasteiger partial charge on any atom is 0.410 e. The first kappa shape index (κ1) is 31.7. The van der Waals surface area contributed by atoms with Crippen LogP contribution < -0.4 is 16.0 Å². The minimum absolute atomic E-state index is 0.0882. The minimum Gasteiger partial charge on any atom is -0.444 e. The Kier molecular flexibility index (Phi) is 13.8. The number of hydrogen-bond donors (Lipinski definition) is 3. The molecular formula is C26H43BrN4O5. The molecule has 0 atom stereocenters. The number of nitrogens with one attached hydrogen (secondary N) is 3. The third kappa shape index (κ3) is 15.6. The van der Waals surface area contributed by atoms with Crippen molar-refractivity contribution in [2.75, 3.05) is 36.8 Å². The first-order valence-electron chi connectivity index (χ1n) is 12.4. The number of rotatable bonds is 13. The number of alkyl carbamates (subject to hydrolysis) is 1. The molecule has 0 radical (unpaired) electrons. The molecule has 0 heterocycles. The van der Waals surface area contributed by atoms with Crippen LogP contribution in [-0.4, -0.2) is 65.7 Å². The summed E-state index contributed by atoms with van der Waals surface area (Å²) in [6.45, 7) is 14.1. The van der Waals surface area contributed by atoms with Crippen LogP contribution in [0.5, 0.6) is 0 Å². The van der Waals surface area contributed by atoms with Gasteiger partial charge >= 0.3 is 12.2 Å². The quantitative estimate of drug-likeness (QED) is 0.226. The summed E-state index contributed by atoms with van der Waals surface area (Å²) in [5, 5.41) is 9.19. The molecule has 1 aromatic carbocycles. The van der Waals surface area contributed by atoms with Crippen molar-refractivity contribution in [3.05, 3.63) is 29.8 Å². The highest BCUT2D eigenvalue weighted by atomic mass is 79.9. The van der Waals surface area contributed by atoms with Crippen LogP contribution in [0.3, 0.4) is 0 Å². The van der Waals surface area contributed by atoms with E-state index in [1.54, 1.807) is 4.90 Å². The van der Waals surface area contributed by atoms with E-state index >= 15 is 0 Å². The summed E-state index contributed by atoms with van der Waals surface area (Å²) in [5.41, 5.74) is 0.775. The Balaban J connectivity index is 2.41. The number of carbonyl (C=O) groups excluding carboxylic acids is 3. The standard InChI is InChI=1S/C26H43BrN4O5/c1-25(2,3)35-23(33)29-15-7-8-16-31(24(34)36-26(4,5)6)17-9-14-28-19-20-10-12-21(13-11-20)30-22(32)18-27/h10-13,28H,7-9,14-19H2,1-6H3,(H,29,33)(H,30,32). The van der Waals surface area contributed by atoms with Gasteiger partial charge in [-0.1, -0.05) is 28.1 Å². The zero-order valence-electron chi connectivity index (χ0n) is 22.5. The lowest BCUT2D eigenvalue weighted by Crippen LogP contribution is -2.39. The average Bonchev–Trinajstić information content (AvgIpc) is 2.75. The predicted molar refractivity (Wildman–Crippen MR) is 146 cm³/mol. The van der Waals surface area contributed by atoms with Crippen LogP contribution in [0, 0.1) is 0 Å². The van der Waals surface area contributed by atoms with Crippen molar-refractivity contribution < 1.29 is 23.9 Å². The van der Waals surface area contributed by atoms with E-state index < -0.39 is 17.3 Å². The van der Waals surface area contributed by atoms with Crippen LogP contribution in [0.25, 0.3) is 0 Å². The normalized spacial score (nSPS) is 11.5. The second kappa shape index (κ2) is 15.7. The third-order valence-corrected chi connectivity index (χ3v) is 5.15. The molecule has 36 heavy (non-hydrogen) atoms. The molecule has 1 rings (SSSR count). The smallest absolute Gasteiger partial charge is 0.410 e. The second-order valence-corrected chi connectivity index (χ2v) is 11.1. The van der Waals surface area contributed by atoms with Gasteiger partial charge in [-0.15, -0.1) is 0 Å². The molecule has 0 spiro atoms. The Bertz CT molecular complexity index is 819. The van der Waals surface area contributed by atoms with E-state index in [4.69, 9.17) is 9.47 Å². The van der Waals surface area contributed by atoms with E-state index in [9.17, 15) is 14.4 Å². The van der Waals surface area contributed by atoms with Gasteiger partial charge in [0, 0.05) is 31.9 Å². The van der Waals surface area contributed by atoms with E-state index in [1.165, 1.54) is 0 Å². The molecule has 204 valence electrons. The number of alkyl halides is 1. The van der Waals surface area contributed by atoms with Gasteiger partial charge in [0.25, 0.3) is 0 Å². The number of nitrogens with zero attached hydrogens (tertiary/aromatic N) is 1. The average molecular weight is 572 g/mol. The summed E-state index contributed by atoms with van der Waals surface area (Å²) in [4.78, 5) is 37.6. The molecule has 0 unspecified atom stereocenters. The minimum atomic E-state index is -0.563. The highest BCUT2D eigenvalue weighted by molar-refractivity contribution is 9.09. The van der Waals surface area contributed by atoms with Crippen molar-refractivity contribution in [2.45, 2.75) is 78.6 Å². The highest BCUT2D eigenvalue weighted by Gasteiger charge is 2.21. The maximum atomic E-state index is 12.7. The number of carbonyl (C=O) groups is 3. The molecule has 9 nitrogen and oxygen atoms in total. The molecule has 0 bridgehead atoms. The summed E-state index contributed by atoms with van der Waals surface area (Å²) in [5.74, 6) is -0.0882. The predicted octanol–water partition coefficient (Wildman–Crippen LogP) is 5.04. The largest absolute Gasteiger partial charge is 0.444 e. The zero-order chi connectivity index (χ0) is 27.2. The number of ether oxygens (including phenoxy) is 2. The number of hydrogen-bond acceptors (Lipinski definition) is 6. The maximum absolute atomic E-state index is 12.7. The molecule has 3 N–H and O–H groups in total. The lowest BCUT2D eigenvalue weighted by atomic mass is 10.2. The fourth-order valence-corrected chi connectivity index (χ4v) is 3.22. The van der Waals surface area contributed by atoms with Gasteiger partial charge in [0.1, 0.15) is 11.2 Å². The summed E-state index contributed by atoms with van der Waals surface area (Å²) < 4.78 is 10.8. The molecule has 1 aromatic rings. The summed E-state index contributed by atoms with van der Waals surface area (Å²) in [6.07, 6.45) is 1.47. The van der Waals surface area contributed by atoms with Gasteiger partial charge in [0.05, 0.1) is 5.33 Å². The van der Waals surface area contributed by atoms with Gasteiger partial charge in [-0.3, -0.25) is 4.79 Å². The van der Waals surface area contributed by atoms with Gasteiger partial charge in [-0.2, -0.15) is 0 Å². The van der Waals surface area contributed by atoms with Crippen molar-refractivity contribution in [1.82, 2.24) is 15.5 Å². The molecule has 0 fully saturated rings. The van der Waals surface area contributed by atoms with E-state index in [0.29, 0.717) is 26.2 Å². The summed E-state index contributed by atoms with van der Waals surface area (Å²) >= 11 is 3.13. The monoisotopic (exact) mass is 570 g/mol. The van der Waals surface area contributed by atoms with Crippen molar-refractivity contribution in [3.8, 4) is 0 Å². The highest BCUT2D eigenvalue weighted by Crippen LogP contribution is 2.12. The number of anilines is 1. The molecule has 0 saturated carbocycles. The van der Waals surface area contributed by atoms with Crippen LogP contribution >= 0.6 is 15.9 Å². The van der Waals surface area contributed by atoms with Crippen LogP contribution in [0.15, 0.2) is 24.3 Å². The molecule has 0 saturated heterocycles. The summed E-state index contributed by atoms with van der Waals surface area (Å²) in [6, 6.07) is 7.68. The van der Waals surface area contributed by atoms with Crippen LogP contribution in [0.4, 0.5) is 15.3 Å². The Morgan fingerprint density at radius 3 is 2.06 bits per heavy atom. The molecule has 0 aliphatic rings. The van der Waals surface area contributed by atoms with Crippen LogP contribution in [0.1, 0.15) is 66.4 Å².